The number of nitrogens with zero attached hydrogens (tertiary/aromatic N) is 1. The monoisotopic (exact) mass is 180 g/mol. The number of nitrogens with two attached hydrogens (primary N) is 1. The van der Waals surface area contributed by atoms with Crippen molar-refractivity contribution in [3.05, 3.63) is 24.0 Å². The Labute approximate surface area is 78.6 Å². The van der Waals surface area contributed by atoms with Gasteiger partial charge in [0.05, 0.1) is 6.10 Å². The van der Waals surface area contributed by atoms with Gasteiger partial charge in [-0.2, -0.15) is 0 Å². The molecule has 1 atom stereocenters. The molecule has 0 aliphatic heterocycles. The van der Waals surface area contributed by atoms with E-state index in [2.05, 4.69) is 4.98 Å². The van der Waals surface area contributed by atoms with Crippen LogP contribution in [0.4, 0.5) is 5.69 Å². The lowest BCUT2D eigenvalue weighted by atomic mass is 9.85. The van der Waals surface area contributed by atoms with E-state index in [0.717, 1.165) is 0 Å². The Morgan fingerprint density at radius 3 is 2.54 bits per heavy atom. The Kier molecular flexibility index (Phi) is 2.57. The molecule has 1 rings (SSSR count). The van der Waals surface area contributed by atoms with Crippen LogP contribution >= 0.6 is 0 Å². The first kappa shape index (κ1) is 9.99. The summed E-state index contributed by atoms with van der Waals surface area (Å²) in [5, 5.41) is 9.92. The molecule has 1 unspecified atom stereocenters. The van der Waals surface area contributed by atoms with Crippen molar-refractivity contribution in [2.45, 2.75) is 26.9 Å². The Morgan fingerprint density at radius 2 is 2.08 bits per heavy atom. The first-order valence-electron chi connectivity index (χ1n) is 4.30. The highest BCUT2D eigenvalue weighted by Gasteiger charge is 2.25. The number of hydrogen-bond acceptors (Lipinski definition) is 3. The molecule has 1 aromatic rings. The zero-order valence-corrected chi connectivity index (χ0v) is 8.28. The van der Waals surface area contributed by atoms with E-state index in [1.165, 1.54) is 0 Å². The molecule has 0 saturated carbocycles. The fourth-order valence-corrected chi connectivity index (χ4v) is 1.11. The summed E-state index contributed by atoms with van der Waals surface area (Å²) in [6, 6.07) is 1.70. The van der Waals surface area contributed by atoms with Gasteiger partial charge in [-0.3, -0.25) is 4.98 Å². The summed E-state index contributed by atoms with van der Waals surface area (Å²) in [6.45, 7) is 5.89. The molecule has 0 amide bonds. The number of rotatable bonds is 1. The molecule has 0 saturated heterocycles. The predicted molar refractivity (Wildman–Crippen MR) is 53.1 cm³/mol. The van der Waals surface area contributed by atoms with Crippen molar-refractivity contribution >= 4 is 5.69 Å². The Bertz CT molecular complexity index is 291. The van der Waals surface area contributed by atoms with Crippen LogP contribution in [0.1, 0.15) is 32.4 Å². The molecule has 0 aromatic carbocycles. The number of aliphatic hydroxyl groups is 1. The maximum Gasteiger partial charge on any atom is 0.0873 e. The van der Waals surface area contributed by atoms with Crippen molar-refractivity contribution < 1.29 is 5.11 Å². The Morgan fingerprint density at radius 1 is 1.46 bits per heavy atom. The van der Waals surface area contributed by atoms with Crippen molar-refractivity contribution in [3.8, 4) is 0 Å². The Balaban J connectivity index is 3.02. The normalized spacial score (nSPS) is 14.2. The molecule has 3 N–H and O–H groups in total. The number of pyridine rings is 1. The predicted octanol–water partition coefficient (Wildman–Crippen LogP) is 1.74. The molecule has 72 valence electrons. The molecule has 3 heteroatoms. The molecule has 1 aromatic heterocycles. The number of hydrogen-bond donors (Lipinski definition) is 2. The second-order valence-corrected chi connectivity index (χ2v) is 4.27. The van der Waals surface area contributed by atoms with Gasteiger partial charge in [0.25, 0.3) is 0 Å². The molecule has 0 aliphatic carbocycles. The minimum atomic E-state index is -0.568. The van der Waals surface area contributed by atoms with Crippen LogP contribution in [0.15, 0.2) is 18.5 Å². The van der Waals surface area contributed by atoms with Crippen molar-refractivity contribution in [2.24, 2.45) is 5.41 Å². The largest absolute Gasteiger partial charge is 0.398 e. The summed E-state index contributed by atoms with van der Waals surface area (Å²) < 4.78 is 0. The summed E-state index contributed by atoms with van der Waals surface area (Å²) in [5.74, 6) is 0. The van der Waals surface area contributed by atoms with E-state index in [0.29, 0.717) is 11.3 Å². The maximum absolute atomic E-state index is 9.92. The third kappa shape index (κ3) is 2.18. The SMILES string of the molecule is CC(C)(C)C(O)c1cnccc1N. The molecular weight excluding hydrogens is 164 g/mol. The van der Waals surface area contributed by atoms with E-state index >= 15 is 0 Å². The molecule has 0 aliphatic rings. The van der Waals surface area contributed by atoms with Gasteiger partial charge in [0.2, 0.25) is 0 Å². The molecule has 0 radical (unpaired) electrons. The van der Waals surface area contributed by atoms with Crippen molar-refractivity contribution in [3.63, 3.8) is 0 Å². The third-order valence-electron chi connectivity index (χ3n) is 2.00. The zero-order chi connectivity index (χ0) is 10.1. The van der Waals surface area contributed by atoms with E-state index in [1.54, 1.807) is 18.5 Å². The standard InChI is InChI=1S/C10H16N2O/c1-10(2,3)9(13)7-6-12-5-4-8(7)11/h4-6,9,13H,1-3H3,(H2,11,12). The number of aromatic nitrogens is 1. The van der Waals surface area contributed by atoms with Gasteiger partial charge in [0.15, 0.2) is 0 Å². The molecule has 13 heavy (non-hydrogen) atoms. The highest BCUT2D eigenvalue weighted by molar-refractivity contribution is 5.46. The zero-order valence-electron chi connectivity index (χ0n) is 8.28. The number of anilines is 1. The average molecular weight is 180 g/mol. The van der Waals surface area contributed by atoms with Gasteiger partial charge in [-0.05, 0) is 11.5 Å². The third-order valence-corrected chi connectivity index (χ3v) is 2.00. The lowest BCUT2D eigenvalue weighted by Gasteiger charge is -2.26. The quantitative estimate of drug-likeness (QED) is 0.692. The van der Waals surface area contributed by atoms with Crippen LogP contribution in [0.5, 0.6) is 0 Å². The second kappa shape index (κ2) is 3.34. The maximum atomic E-state index is 9.92. The van der Waals surface area contributed by atoms with Gasteiger partial charge in [-0.25, -0.2) is 0 Å². The second-order valence-electron chi connectivity index (χ2n) is 4.27. The fourth-order valence-electron chi connectivity index (χ4n) is 1.11. The first-order valence-corrected chi connectivity index (χ1v) is 4.30. The first-order chi connectivity index (χ1) is 5.93. The average Bonchev–Trinajstić information content (AvgIpc) is 2.02. The van der Waals surface area contributed by atoms with Crippen molar-refractivity contribution in [2.75, 3.05) is 5.73 Å². The highest BCUT2D eigenvalue weighted by Crippen LogP contribution is 2.34. The fraction of sp³-hybridized carbons (Fsp3) is 0.500. The molecule has 3 nitrogen and oxygen atoms in total. The minimum Gasteiger partial charge on any atom is -0.398 e. The van der Waals surface area contributed by atoms with Gasteiger partial charge in [0, 0.05) is 23.6 Å². The topological polar surface area (TPSA) is 59.1 Å². The van der Waals surface area contributed by atoms with Crippen LogP contribution in [0.2, 0.25) is 0 Å². The summed E-state index contributed by atoms with van der Waals surface area (Å²) in [6.07, 6.45) is 2.67. The highest BCUT2D eigenvalue weighted by atomic mass is 16.3. The van der Waals surface area contributed by atoms with Gasteiger partial charge < -0.3 is 10.8 Å². The summed E-state index contributed by atoms with van der Waals surface area (Å²) in [4.78, 5) is 3.94. The summed E-state index contributed by atoms with van der Waals surface area (Å²) in [5.41, 5.74) is 6.81. The van der Waals surface area contributed by atoms with E-state index in [1.807, 2.05) is 20.8 Å². The van der Waals surface area contributed by atoms with Crippen LogP contribution in [0.3, 0.4) is 0 Å². The molecule has 0 spiro atoms. The molecular formula is C10H16N2O. The van der Waals surface area contributed by atoms with Gasteiger partial charge in [-0.1, -0.05) is 20.8 Å². The summed E-state index contributed by atoms with van der Waals surface area (Å²) in [7, 11) is 0. The molecule has 0 fully saturated rings. The van der Waals surface area contributed by atoms with Gasteiger partial charge in [-0.15, -0.1) is 0 Å². The van der Waals surface area contributed by atoms with Crippen molar-refractivity contribution in [1.29, 1.82) is 0 Å². The van der Waals surface area contributed by atoms with Crippen LogP contribution in [-0.2, 0) is 0 Å². The number of nitrogen functional groups attached to an aromatic ring is 1. The minimum absolute atomic E-state index is 0.211. The van der Waals surface area contributed by atoms with E-state index in [-0.39, 0.29) is 5.41 Å². The van der Waals surface area contributed by atoms with Crippen LogP contribution in [-0.4, -0.2) is 10.1 Å². The van der Waals surface area contributed by atoms with E-state index in [9.17, 15) is 5.11 Å². The van der Waals surface area contributed by atoms with E-state index < -0.39 is 6.10 Å². The molecule has 1 heterocycles. The van der Waals surface area contributed by atoms with Crippen LogP contribution < -0.4 is 5.73 Å². The summed E-state index contributed by atoms with van der Waals surface area (Å²) >= 11 is 0. The van der Waals surface area contributed by atoms with Crippen LogP contribution in [0.25, 0.3) is 0 Å². The lowest BCUT2D eigenvalue weighted by Crippen LogP contribution is -2.19. The van der Waals surface area contributed by atoms with Gasteiger partial charge >= 0.3 is 0 Å². The van der Waals surface area contributed by atoms with Gasteiger partial charge in [0.1, 0.15) is 0 Å². The van der Waals surface area contributed by atoms with E-state index in [4.69, 9.17) is 5.73 Å². The smallest absolute Gasteiger partial charge is 0.0873 e. The Hall–Kier alpha value is -1.09. The van der Waals surface area contributed by atoms with Crippen LogP contribution in [0, 0.1) is 5.41 Å². The van der Waals surface area contributed by atoms with Crippen molar-refractivity contribution in [1.82, 2.24) is 4.98 Å². The lowest BCUT2D eigenvalue weighted by molar-refractivity contribution is 0.0630. The number of aliphatic hydroxyl groups excluding tert-OH is 1. The molecule has 0 bridgehead atoms.